The highest BCUT2D eigenvalue weighted by molar-refractivity contribution is 5.78. The van der Waals surface area contributed by atoms with E-state index in [0.29, 0.717) is 0 Å². The number of aryl methyl sites for hydroxylation is 1. The molecule has 0 saturated heterocycles. The topological polar surface area (TPSA) is 12.9 Å². The molecule has 15 heavy (non-hydrogen) atoms. The molecule has 1 nitrogen and oxygen atoms in total. The van der Waals surface area contributed by atoms with Gasteiger partial charge in [-0.3, -0.25) is 4.98 Å². The van der Waals surface area contributed by atoms with Crippen LogP contribution in [-0.4, -0.2) is 4.98 Å². The lowest BCUT2D eigenvalue weighted by molar-refractivity contribution is 0.629. The van der Waals surface area contributed by atoms with Crippen LogP contribution in [0.4, 0.5) is 4.39 Å². The number of hydrogen-bond acceptors (Lipinski definition) is 1. The van der Waals surface area contributed by atoms with E-state index < -0.39 is 0 Å². The third-order valence-electron chi connectivity index (χ3n) is 2.07. The van der Waals surface area contributed by atoms with E-state index in [1.165, 1.54) is 12.1 Å². The lowest BCUT2D eigenvalue weighted by Crippen LogP contribution is -1.87. The molecule has 2 aromatic rings. The Labute approximate surface area is 90.0 Å². The molecule has 2 heteroatoms. The summed E-state index contributed by atoms with van der Waals surface area (Å²) in [6, 6.07) is 8.49. The van der Waals surface area contributed by atoms with E-state index in [4.69, 9.17) is 0 Å². The number of aromatic nitrogens is 1. The molecule has 1 aromatic heterocycles. The van der Waals surface area contributed by atoms with Gasteiger partial charge in [-0.05, 0) is 30.7 Å². The minimum Gasteiger partial charge on any atom is -0.253 e. The molecule has 80 valence electrons. The second-order valence-electron chi connectivity index (χ2n) is 2.99. The van der Waals surface area contributed by atoms with Crippen LogP contribution in [0.5, 0.6) is 0 Å². The molecule has 0 unspecified atom stereocenters. The summed E-state index contributed by atoms with van der Waals surface area (Å²) in [6.07, 6.45) is 0.910. The molecule has 1 aromatic carbocycles. The van der Waals surface area contributed by atoms with Crippen LogP contribution < -0.4 is 0 Å². The van der Waals surface area contributed by atoms with Gasteiger partial charge in [-0.2, -0.15) is 0 Å². The maximum atomic E-state index is 12.8. The van der Waals surface area contributed by atoms with Crippen LogP contribution in [0.1, 0.15) is 26.5 Å². The highest BCUT2D eigenvalue weighted by atomic mass is 19.1. The minimum absolute atomic E-state index is 0.210. The van der Waals surface area contributed by atoms with Gasteiger partial charge in [-0.1, -0.05) is 26.8 Å². The average Bonchev–Trinajstić information content (AvgIpc) is 2.31. The lowest BCUT2D eigenvalue weighted by Gasteiger charge is -1.99. The van der Waals surface area contributed by atoms with Gasteiger partial charge in [0.1, 0.15) is 5.82 Å². The summed E-state index contributed by atoms with van der Waals surface area (Å²) in [5.41, 5.74) is 1.90. The molecule has 0 radical (unpaired) electrons. The molecular formula is C13H16FN. The second kappa shape index (κ2) is 5.44. The Hall–Kier alpha value is -1.44. The standard InChI is InChI=1S/C11H10FN.C2H6/c1-2-10-5-3-8-7-9(12)4-6-11(8)13-10;1-2/h3-7H,2H2,1H3;1-2H3. The fraction of sp³-hybridized carbons (Fsp3) is 0.308. The Morgan fingerprint density at radius 1 is 1.13 bits per heavy atom. The van der Waals surface area contributed by atoms with E-state index in [1.807, 2.05) is 26.0 Å². The summed E-state index contributed by atoms with van der Waals surface area (Å²) < 4.78 is 12.8. The third-order valence-corrected chi connectivity index (χ3v) is 2.07. The van der Waals surface area contributed by atoms with Gasteiger partial charge >= 0.3 is 0 Å². The number of hydrogen-bond donors (Lipinski definition) is 0. The highest BCUT2D eigenvalue weighted by Gasteiger charge is 1.97. The molecule has 0 bridgehead atoms. The average molecular weight is 205 g/mol. The first-order valence-electron chi connectivity index (χ1n) is 5.35. The fourth-order valence-corrected chi connectivity index (χ4v) is 1.34. The lowest BCUT2D eigenvalue weighted by atomic mass is 10.2. The Kier molecular flexibility index (Phi) is 4.22. The van der Waals surface area contributed by atoms with E-state index >= 15 is 0 Å². The Balaban J connectivity index is 0.000000531. The number of nitrogens with zero attached hydrogens (tertiary/aromatic N) is 1. The summed E-state index contributed by atoms with van der Waals surface area (Å²) in [6.45, 7) is 6.05. The van der Waals surface area contributed by atoms with Crippen LogP contribution in [0.3, 0.4) is 0 Å². The zero-order valence-corrected chi connectivity index (χ0v) is 9.42. The van der Waals surface area contributed by atoms with E-state index in [-0.39, 0.29) is 5.82 Å². The van der Waals surface area contributed by atoms with Crippen molar-refractivity contribution in [3.63, 3.8) is 0 Å². The smallest absolute Gasteiger partial charge is 0.123 e. The molecule has 0 aliphatic rings. The molecule has 0 N–H and O–H groups in total. The van der Waals surface area contributed by atoms with Crippen molar-refractivity contribution in [1.29, 1.82) is 0 Å². The first-order chi connectivity index (χ1) is 7.29. The van der Waals surface area contributed by atoms with Crippen LogP contribution in [-0.2, 0) is 6.42 Å². The Morgan fingerprint density at radius 3 is 2.53 bits per heavy atom. The van der Waals surface area contributed by atoms with Gasteiger partial charge in [0.05, 0.1) is 5.52 Å². The summed E-state index contributed by atoms with van der Waals surface area (Å²) in [7, 11) is 0. The zero-order valence-electron chi connectivity index (χ0n) is 9.42. The molecule has 0 aliphatic heterocycles. The monoisotopic (exact) mass is 205 g/mol. The van der Waals surface area contributed by atoms with Crippen molar-refractivity contribution in [3.8, 4) is 0 Å². The van der Waals surface area contributed by atoms with Crippen LogP contribution in [0.25, 0.3) is 10.9 Å². The largest absolute Gasteiger partial charge is 0.253 e. The minimum atomic E-state index is -0.210. The van der Waals surface area contributed by atoms with Gasteiger partial charge < -0.3 is 0 Å². The first kappa shape index (κ1) is 11.6. The van der Waals surface area contributed by atoms with Gasteiger partial charge in [0.25, 0.3) is 0 Å². The molecule has 0 saturated carbocycles. The van der Waals surface area contributed by atoms with Crippen molar-refractivity contribution in [2.75, 3.05) is 0 Å². The maximum Gasteiger partial charge on any atom is 0.123 e. The quantitative estimate of drug-likeness (QED) is 0.686. The Morgan fingerprint density at radius 2 is 1.87 bits per heavy atom. The molecule has 0 aliphatic carbocycles. The van der Waals surface area contributed by atoms with E-state index in [1.54, 1.807) is 6.07 Å². The maximum absolute atomic E-state index is 12.8. The van der Waals surface area contributed by atoms with Gasteiger partial charge in [0.15, 0.2) is 0 Å². The molecule has 0 atom stereocenters. The molecule has 0 spiro atoms. The second-order valence-corrected chi connectivity index (χ2v) is 2.99. The van der Waals surface area contributed by atoms with E-state index in [9.17, 15) is 4.39 Å². The molecule has 0 fully saturated rings. The van der Waals surface area contributed by atoms with Crippen molar-refractivity contribution in [3.05, 3.63) is 41.8 Å². The van der Waals surface area contributed by atoms with Gasteiger partial charge in [0, 0.05) is 11.1 Å². The van der Waals surface area contributed by atoms with Crippen LogP contribution in [0.15, 0.2) is 30.3 Å². The normalized spacial score (nSPS) is 9.60. The predicted molar refractivity (Wildman–Crippen MR) is 62.4 cm³/mol. The van der Waals surface area contributed by atoms with Gasteiger partial charge in [0.2, 0.25) is 0 Å². The molecule has 0 amide bonds. The Bertz CT molecular complexity index is 437. The SMILES string of the molecule is CC.CCc1ccc2cc(F)ccc2n1. The summed E-state index contributed by atoms with van der Waals surface area (Å²) in [5, 5.41) is 0.859. The number of pyridine rings is 1. The highest BCUT2D eigenvalue weighted by Crippen LogP contribution is 2.14. The van der Waals surface area contributed by atoms with Gasteiger partial charge in [-0.25, -0.2) is 4.39 Å². The van der Waals surface area contributed by atoms with Gasteiger partial charge in [-0.15, -0.1) is 0 Å². The number of rotatable bonds is 1. The molecule has 2 rings (SSSR count). The summed E-state index contributed by atoms with van der Waals surface area (Å²) >= 11 is 0. The van der Waals surface area contributed by atoms with Crippen molar-refractivity contribution in [2.24, 2.45) is 0 Å². The molecule has 1 heterocycles. The fourth-order valence-electron chi connectivity index (χ4n) is 1.34. The third kappa shape index (κ3) is 2.75. The van der Waals surface area contributed by atoms with Crippen molar-refractivity contribution in [1.82, 2.24) is 4.98 Å². The summed E-state index contributed by atoms with van der Waals surface area (Å²) in [4.78, 5) is 4.37. The van der Waals surface area contributed by atoms with Crippen molar-refractivity contribution in [2.45, 2.75) is 27.2 Å². The van der Waals surface area contributed by atoms with Crippen molar-refractivity contribution < 1.29 is 4.39 Å². The predicted octanol–water partition coefficient (Wildman–Crippen LogP) is 3.96. The first-order valence-corrected chi connectivity index (χ1v) is 5.35. The molecular weight excluding hydrogens is 189 g/mol. The van der Waals surface area contributed by atoms with Crippen LogP contribution in [0.2, 0.25) is 0 Å². The number of halogens is 1. The summed E-state index contributed by atoms with van der Waals surface area (Å²) in [5.74, 6) is -0.210. The van der Waals surface area contributed by atoms with Crippen molar-refractivity contribution >= 4 is 10.9 Å². The number of fused-ring (bicyclic) bond motifs is 1. The zero-order chi connectivity index (χ0) is 11.3. The van der Waals surface area contributed by atoms with E-state index in [2.05, 4.69) is 11.9 Å². The van der Waals surface area contributed by atoms with Crippen LogP contribution in [0, 0.1) is 5.82 Å². The number of benzene rings is 1. The van der Waals surface area contributed by atoms with E-state index in [0.717, 1.165) is 23.0 Å². The van der Waals surface area contributed by atoms with Crippen LogP contribution >= 0.6 is 0 Å².